The van der Waals surface area contributed by atoms with Gasteiger partial charge in [0.2, 0.25) is 5.88 Å². The number of hydrogen-bond acceptors (Lipinski definition) is 4. The Morgan fingerprint density at radius 2 is 1.62 bits per heavy atom. The Kier molecular flexibility index (Phi) is 2.87. The number of benzene rings is 1. The number of nitrogens with zero attached hydrogens (tertiary/aromatic N) is 2. The molecule has 0 bridgehead atoms. The van der Waals surface area contributed by atoms with E-state index in [0.717, 1.165) is 5.56 Å². The van der Waals surface area contributed by atoms with Gasteiger partial charge in [-0.15, -0.1) is 0 Å². The molecular formula is C15H16N2O4. The molecule has 2 saturated heterocycles. The Morgan fingerprint density at radius 1 is 1.05 bits per heavy atom. The normalized spacial score (nSPS) is 23.2. The Balaban J connectivity index is 1.83. The Bertz CT molecular complexity index is 711. The van der Waals surface area contributed by atoms with Crippen LogP contribution in [-0.2, 0) is 22.6 Å². The first-order chi connectivity index (χ1) is 10.2. The fourth-order valence-electron chi connectivity index (χ4n) is 2.55. The highest BCUT2D eigenvalue weighted by atomic mass is 16.6. The van der Waals surface area contributed by atoms with E-state index in [9.17, 15) is 9.90 Å². The van der Waals surface area contributed by atoms with Gasteiger partial charge in [-0.25, -0.2) is 4.79 Å². The molecule has 0 saturated carbocycles. The second-order valence-corrected chi connectivity index (χ2v) is 5.45. The molecule has 0 radical (unpaired) electrons. The average Bonchev–Trinajstić information content (AvgIpc) is 3.38. The largest absolute Gasteiger partial charge is 0.493 e. The van der Waals surface area contributed by atoms with Crippen molar-refractivity contribution in [2.24, 2.45) is 0 Å². The minimum atomic E-state index is -0.211. The molecule has 6 nitrogen and oxygen atoms in total. The number of aromatic hydroxyl groups is 1. The molecule has 110 valence electrons. The molecule has 0 aliphatic carbocycles. The number of imidazole rings is 1. The Morgan fingerprint density at radius 3 is 2.19 bits per heavy atom. The molecule has 2 fully saturated rings. The van der Waals surface area contributed by atoms with Crippen LogP contribution in [0.4, 0.5) is 0 Å². The van der Waals surface area contributed by atoms with Gasteiger partial charge < -0.3 is 14.6 Å². The lowest BCUT2D eigenvalue weighted by Crippen LogP contribution is -2.27. The molecule has 1 aromatic carbocycles. The summed E-state index contributed by atoms with van der Waals surface area (Å²) in [5.41, 5.74) is 1.16. The zero-order valence-corrected chi connectivity index (χ0v) is 11.4. The Labute approximate surface area is 121 Å². The summed E-state index contributed by atoms with van der Waals surface area (Å²) >= 11 is 0. The van der Waals surface area contributed by atoms with Crippen molar-refractivity contribution in [3.8, 4) is 17.1 Å². The average molecular weight is 288 g/mol. The van der Waals surface area contributed by atoms with E-state index in [0.29, 0.717) is 32.0 Å². The van der Waals surface area contributed by atoms with Gasteiger partial charge in [0.1, 0.15) is 5.69 Å². The predicted molar refractivity (Wildman–Crippen MR) is 75.3 cm³/mol. The third-order valence-electron chi connectivity index (χ3n) is 3.82. The molecule has 2 aliphatic heterocycles. The van der Waals surface area contributed by atoms with Crippen LogP contribution in [0, 0.1) is 0 Å². The van der Waals surface area contributed by atoms with Crippen LogP contribution in [0.1, 0.15) is 0 Å². The number of aromatic nitrogens is 2. The molecule has 21 heavy (non-hydrogen) atoms. The van der Waals surface area contributed by atoms with Crippen LogP contribution in [0.5, 0.6) is 5.88 Å². The molecule has 3 heterocycles. The van der Waals surface area contributed by atoms with E-state index < -0.39 is 0 Å². The highest BCUT2D eigenvalue weighted by Gasteiger charge is 2.31. The van der Waals surface area contributed by atoms with E-state index in [2.05, 4.69) is 0 Å². The molecule has 2 aliphatic rings. The monoisotopic (exact) mass is 288 g/mol. The van der Waals surface area contributed by atoms with Crippen LogP contribution in [0.15, 0.2) is 35.1 Å². The van der Waals surface area contributed by atoms with Gasteiger partial charge in [0.05, 0.1) is 38.5 Å². The molecule has 4 rings (SSSR count). The van der Waals surface area contributed by atoms with Crippen LogP contribution < -0.4 is 5.69 Å². The van der Waals surface area contributed by atoms with Crippen molar-refractivity contribution >= 4 is 0 Å². The summed E-state index contributed by atoms with van der Waals surface area (Å²) in [5, 5.41) is 10.5. The number of epoxide rings is 2. The molecule has 0 spiro atoms. The third-order valence-corrected chi connectivity index (χ3v) is 3.82. The van der Waals surface area contributed by atoms with Gasteiger partial charge in [0, 0.05) is 5.56 Å². The molecular weight excluding hydrogens is 272 g/mol. The van der Waals surface area contributed by atoms with E-state index in [4.69, 9.17) is 9.47 Å². The standard InChI is InChI=1S/C15H16N2O4/c18-14-13(10-4-2-1-3-5-10)16(6-11-8-20-11)15(19)17(14)7-12-9-21-12/h1-5,11-12,18H,6-9H2. The molecule has 1 aromatic heterocycles. The highest BCUT2D eigenvalue weighted by molar-refractivity contribution is 5.65. The topological polar surface area (TPSA) is 72.2 Å². The molecule has 2 aromatic rings. The van der Waals surface area contributed by atoms with Crippen molar-refractivity contribution in [3.05, 3.63) is 40.8 Å². The van der Waals surface area contributed by atoms with Crippen molar-refractivity contribution in [1.29, 1.82) is 0 Å². The lowest BCUT2D eigenvalue weighted by atomic mass is 10.1. The summed E-state index contributed by atoms with van der Waals surface area (Å²) in [7, 11) is 0. The van der Waals surface area contributed by atoms with Crippen LogP contribution in [0.25, 0.3) is 11.3 Å². The maximum absolute atomic E-state index is 12.6. The smallest absolute Gasteiger partial charge is 0.331 e. The maximum Gasteiger partial charge on any atom is 0.331 e. The van der Waals surface area contributed by atoms with Gasteiger partial charge in [0.15, 0.2) is 0 Å². The summed E-state index contributed by atoms with van der Waals surface area (Å²) in [4.78, 5) is 12.6. The van der Waals surface area contributed by atoms with Gasteiger partial charge >= 0.3 is 5.69 Å². The molecule has 0 amide bonds. The summed E-state index contributed by atoms with van der Waals surface area (Å²) < 4.78 is 13.4. The summed E-state index contributed by atoms with van der Waals surface area (Å²) in [6, 6.07) is 9.45. The second kappa shape index (κ2) is 4.75. The zero-order valence-electron chi connectivity index (χ0n) is 11.4. The van der Waals surface area contributed by atoms with E-state index >= 15 is 0 Å². The summed E-state index contributed by atoms with van der Waals surface area (Å²) in [5.74, 6) is 0.00218. The minimum absolute atomic E-state index is 0.00218. The third kappa shape index (κ3) is 2.36. The zero-order chi connectivity index (χ0) is 14.4. The van der Waals surface area contributed by atoms with Crippen molar-refractivity contribution in [3.63, 3.8) is 0 Å². The van der Waals surface area contributed by atoms with Crippen molar-refractivity contribution in [1.82, 2.24) is 9.13 Å². The fraction of sp³-hybridized carbons (Fsp3) is 0.400. The quantitative estimate of drug-likeness (QED) is 0.827. The van der Waals surface area contributed by atoms with E-state index in [1.54, 1.807) is 4.57 Å². The van der Waals surface area contributed by atoms with Gasteiger partial charge in [-0.05, 0) is 0 Å². The molecule has 2 unspecified atom stereocenters. The lowest BCUT2D eigenvalue weighted by molar-refractivity contribution is 0.352. The van der Waals surface area contributed by atoms with Crippen LogP contribution in [0.2, 0.25) is 0 Å². The maximum atomic E-state index is 12.6. The van der Waals surface area contributed by atoms with Gasteiger partial charge in [-0.1, -0.05) is 30.3 Å². The summed E-state index contributed by atoms with van der Waals surface area (Å²) in [6.45, 7) is 2.17. The van der Waals surface area contributed by atoms with Crippen molar-refractivity contribution < 1.29 is 14.6 Å². The molecule has 2 atom stereocenters. The second-order valence-electron chi connectivity index (χ2n) is 5.45. The van der Waals surface area contributed by atoms with Crippen molar-refractivity contribution in [2.75, 3.05) is 13.2 Å². The van der Waals surface area contributed by atoms with Crippen LogP contribution >= 0.6 is 0 Å². The van der Waals surface area contributed by atoms with Gasteiger partial charge in [-0.3, -0.25) is 9.13 Å². The number of rotatable bonds is 5. The predicted octanol–water partition coefficient (Wildman–Crippen LogP) is 0.820. The van der Waals surface area contributed by atoms with Gasteiger partial charge in [0.25, 0.3) is 0 Å². The SMILES string of the molecule is O=c1n(CC2CO2)c(O)c(-c2ccccc2)n1CC1CO1. The fourth-order valence-corrected chi connectivity index (χ4v) is 2.55. The van der Waals surface area contributed by atoms with E-state index in [-0.39, 0.29) is 23.8 Å². The number of hydrogen-bond donors (Lipinski definition) is 1. The van der Waals surface area contributed by atoms with E-state index in [1.807, 2.05) is 30.3 Å². The highest BCUT2D eigenvalue weighted by Crippen LogP contribution is 2.30. The Hall–Kier alpha value is -2.05. The minimum Gasteiger partial charge on any atom is -0.493 e. The first kappa shape index (κ1) is 12.7. The summed E-state index contributed by atoms with van der Waals surface area (Å²) in [6.07, 6.45) is 0.0998. The van der Waals surface area contributed by atoms with Gasteiger partial charge in [-0.2, -0.15) is 0 Å². The van der Waals surface area contributed by atoms with Crippen LogP contribution in [-0.4, -0.2) is 39.7 Å². The number of ether oxygens (including phenoxy) is 2. The first-order valence-corrected chi connectivity index (χ1v) is 7.05. The first-order valence-electron chi connectivity index (χ1n) is 7.05. The molecule has 6 heteroatoms. The van der Waals surface area contributed by atoms with E-state index in [1.165, 1.54) is 4.57 Å². The van der Waals surface area contributed by atoms with Crippen LogP contribution in [0.3, 0.4) is 0 Å². The van der Waals surface area contributed by atoms with Crippen molar-refractivity contribution in [2.45, 2.75) is 25.3 Å². The lowest BCUT2D eigenvalue weighted by Gasteiger charge is -2.05. The molecule has 1 N–H and O–H groups in total.